The highest BCUT2D eigenvalue weighted by atomic mass is 32.2. The second-order valence-corrected chi connectivity index (χ2v) is 4.85. The molecule has 1 atom stereocenters. The van der Waals surface area contributed by atoms with Gasteiger partial charge in [-0.15, -0.1) is 5.10 Å². The Kier molecular flexibility index (Phi) is 5.32. The summed E-state index contributed by atoms with van der Waals surface area (Å²) in [4.78, 5) is 0. The van der Waals surface area contributed by atoms with Gasteiger partial charge in [-0.05, 0) is 34.9 Å². The maximum absolute atomic E-state index is 4.21. The minimum atomic E-state index is 0.737. The number of tetrazole rings is 1. The first kappa shape index (κ1) is 11.8. The smallest absolute Gasteiger partial charge is 0.209 e. The Morgan fingerprint density at radius 2 is 2.29 bits per heavy atom. The number of thioether (sulfide) groups is 1. The topological polar surface area (TPSA) is 43.6 Å². The predicted molar refractivity (Wildman–Crippen MR) is 61.8 cm³/mol. The van der Waals surface area contributed by atoms with E-state index in [0.717, 1.165) is 22.6 Å². The second kappa shape index (κ2) is 6.29. The van der Waals surface area contributed by atoms with Crippen molar-refractivity contribution < 1.29 is 0 Å². The van der Waals surface area contributed by atoms with Crippen molar-refractivity contribution in [1.29, 1.82) is 0 Å². The van der Waals surface area contributed by atoms with Gasteiger partial charge >= 0.3 is 0 Å². The number of thiol groups is 1. The van der Waals surface area contributed by atoms with E-state index in [4.69, 9.17) is 0 Å². The summed E-state index contributed by atoms with van der Waals surface area (Å²) in [5.41, 5.74) is 0. The van der Waals surface area contributed by atoms with Crippen LogP contribution < -0.4 is 0 Å². The Balaban J connectivity index is 2.19. The van der Waals surface area contributed by atoms with Gasteiger partial charge in [-0.2, -0.15) is 12.6 Å². The molecule has 1 unspecified atom stereocenters. The lowest BCUT2D eigenvalue weighted by molar-refractivity contribution is 0.553. The summed E-state index contributed by atoms with van der Waals surface area (Å²) in [7, 11) is 1.86. The molecule has 0 aliphatic carbocycles. The first-order chi connectivity index (χ1) is 6.74. The molecule has 6 heteroatoms. The zero-order valence-electron chi connectivity index (χ0n) is 8.55. The maximum Gasteiger partial charge on any atom is 0.209 e. The van der Waals surface area contributed by atoms with E-state index < -0.39 is 0 Å². The third-order valence-electron chi connectivity index (χ3n) is 2.04. The van der Waals surface area contributed by atoms with E-state index in [0.29, 0.717) is 0 Å². The number of aryl methyl sites for hydroxylation is 1. The van der Waals surface area contributed by atoms with Crippen molar-refractivity contribution in [2.45, 2.75) is 24.9 Å². The van der Waals surface area contributed by atoms with Crippen LogP contribution in [0.1, 0.15) is 19.8 Å². The molecule has 0 spiro atoms. The average Bonchev–Trinajstić information content (AvgIpc) is 2.52. The average molecular weight is 232 g/mol. The monoisotopic (exact) mass is 232 g/mol. The predicted octanol–water partition coefficient (Wildman–Crippen LogP) is 1.65. The van der Waals surface area contributed by atoms with Gasteiger partial charge < -0.3 is 0 Å². The Bertz CT molecular complexity index is 264. The third kappa shape index (κ3) is 3.88. The molecule has 1 aromatic heterocycles. The van der Waals surface area contributed by atoms with Crippen LogP contribution in [-0.2, 0) is 7.05 Å². The summed E-state index contributed by atoms with van der Waals surface area (Å²) in [5, 5.41) is 12.2. The number of hydrogen-bond donors (Lipinski definition) is 1. The molecule has 1 aromatic rings. The lowest BCUT2D eigenvalue weighted by atomic mass is 10.1. The van der Waals surface area contributed by atoms with Crippen LogP contribution in [0.25, 0.3) is 0 Å². The van der Waals surface area contributed by atoms with E-state index in [1.54, 1.807) is 16.4 Å². The van der Waals surface area contributed by atoms with Gasteiger partial charge in [0.15, 0.2) is 0 Å². The van der Waals surface area contributed by atoms with Gasteiger partial charge in [-0.25, -0.2) is 4.68 Å². The van der Waals surface area contributed by atoms with E-state index in [2.05, 4.69) is 35.1 Å². The van der Waals surface area contributed by atoms with Gasteiger partial charge in [-0.3, -0.25) is 0 Å². The van der Waals surface area contributed by atoms with E-state index in [-0.39, 0.29) is 0 Å². The molecule has 1 heterocycles. The molecule has 0 aromatic carbocycles. The van der Waals surface area contributed by atoms with Crippen LogP contribution in [0, 0.1) is 5.92 Å². The number of rotatable bonds is 6. The van der Waals surface area contributed by atoms with Crippen molar-refractivity contribution in [3.63, 3.8) is 0 Å². The molecule has 4 nitrogen and oxygen atoms in total. The van der Waals surface area contributed by atoms with Crippen LogP contribution in [0.4, 0.5) is 0 Å². The molecular formula is C8H16N4S2. The maximum atomic E-state index is 4.21. The van der Waals surface area contributed by atoms with Gasteiger partial charge in [-0.1, -0.05) is 18.7 Å². The van der Waals surface area contributed by atoms with Gasteiger partial charge in [0.05, 0.1) is 0 Å². The van der Waals surface area contributed by atoms with E-state index in [1.165, 1.54) is 12.8 Å². The number of hydrogen-bond acceptors (Lipinski definition) is 5. The Labute approximate surface area is 94.2 Å². The zero-order chi connectivity index (χ0) is 10.4. The largest absolute Gasteiger partial charge is 0.224 e. The van der Waals surface area contributed by atoms with Crippen LogP contribution in [0.15, 0.2) is 5.16 Å². The SMILES string of the molecule is CC(CCS)CCSc1nnnn1C. The van der Waals surface area contributed by atoms with Crippen molar-refractivity contribution in [3.05, 3.63) is 0 Å². The third-order valence-corrected chi connectivity index (χ3v) is 3.35. The molecule has 0 N–H and O–H groups in total. The Morgan fingerprint density at radius 1 is 1.50 bits per heavy atom. The van der Waals surface area contributed by atoms with Crippen LogP contribution >= 0.6 is 24.4 Å². The van der Waals surface area contributed by atoms with E-state index >= 15 is 0 Å². The van der Waals surface area contributed by atoms with Gasteiger partial charge in [0.1, 0.15) is 0 Å². The lowest BCUT2D eigenvalue weighted by Crippen LogP contribution is -1.99. The van der Waals surface area contributed by atoms with Gasteiger partial charge in [0, 0.05) is 12.8 Å². The second-order valence-electron chi connectivity index (χ2n) is 3.34. The Morgan fingerprint density at radius 3 is 2.86 bits per heavy atom. The molecule has 0 aliphatic heterocycles. The lowest BCUT2D eigenvalue weighted by Gasteiger charge is -2.07. The molecule has 14 heavy (non-hydrogen) atoms. The zero-order valence-corrected chi connectivity index (χ0v) is 10.3. The Hall–Kier alpha value is -0.230. The van der Waals surface area contributed by atoms with Crippen LogP contribution in [0.3, 0.4) is 0 Å². The molecule has 0 saturated carbocycles. The highest BCUT2D eigenvalue weighted by molar-refractivity contribution is 7.99. The fourth-order valence-corrected chi connectivity index (χ4v) is 2.52. The first-order valence-corrected chi connectivity index (χ1v) is 6.32. The van der Waals surface area contributed by atoms with Gasteiger partial charge in [0.2, 0.25) is 5.16 Å². The van der Waals surface area contributed by atoms with Crippen LogP contribution in [-0.4, -0.2) is 31.7 Å². The molecule has 0 saturated heterocycles. The van der Waals surface area contributed by atoms with Gasteiger partial charge in [0.25, 0.3) is 0 Å². The quantitative estimate of drug-likeness (QED) is 0.598. The minimum absolute atomic E-state index is 0.737. The van der Waals surface area contributed by atoms with E-state index in [9.17, 15) is 0 Å². The van der Waals surface area contributed by atoms with Crippen molar-refractivity contribution in [2.75, 3.05) is 11.5 Å². The molecule has 0 radical (unpaired) electrons. The minimum Gasteiger partial charge on any atom is -0.224 e. The molecular weight excluding hydrogens is 216 g/mol. The fraction of sp³-hybridized carbons (Fsp3) is 0.875. The fourth-order valence-electron chi connectivity index (χ4n) is 1.06. The van der Waals surface area contributed by atoms with Crippen molar-refractivity contribution >= 4 is 24.4 Å². The first-order valence-electron chi connectivity index (χ1n) is 4.70. The van der Waals surface area contributed by atoms with Crippen molar-refractivity contribution in [1.82, 2.24) is 20.2 Å². The van der Waals surface area contributed by atoms with Crippen molar-refractivity contribution in [3.8, 4) is 0 Å². The normalized spacial score (nSPS) is 13.1. The summed E-state index contributed by atoms with van der Waals surface area (Å²) in [5.74, 6) is 2.78. The van der Waals surface area contributed by atoms with Crippen LogP contribution in [0.5, 0.6) is 0 Å². The standard InChI is InChI=1S/C8H16N4S2/c1-7(3-5-13)4-6-14-8-9-10-11-12(8)2/h7,13H,3-6H2,1-2H3. The highest BCUT2D eigenvalue weighted by Crippen LogP contribution is 2.18. The molecule has 0 amide bonds. The van der Waals surface area contributed by atoms with E-state index in [1.807, 2.05) is 7.05 Å². The number of nitrogens with zero attached hydrogens (tertiary/aromatic N) is 4. The number of aromatic nitrogens is 4. The van der Waals surface area contributed by atoms with Crippen LogP contribution in [0.2, 0.25) is 0 Å². The summed E-state index contributed by atoms with van der Waals surface area (Å²) < 4.78 is 1.70. The highest BCUT2D eigenvalue weighted by Gasteiger charge is 2.05. The molecule has 0 bridgehead atoms. The summed E-state index contributed by atoms with van der Waals surface area (Å²) in [6.45, 7) is 2.26. The molecule has 80 valence electrons. The molecule has 1 rings (SSSR count). The summed E-state index contributed by atoms with van der Waals surface area (Å²) in [6, 6.07) is 0. The summed E-state index contributed by atoms with van der Waals surface area (Å²) >= 11 is 5.92. The molecule has 0 aliphatic rings. The van der Waals surface area contributed by atoms with Crippen molar-refractivity contribution in [2.24, 2.45) is 13.0 Å². The summed E-state index contributed by atoms with van der Waals surface area (Å²) in [6.07, 6.45) is 2.37. The molecule has 0 fully saturated rings.